The lowest BCUT2D eigenvalue weighted by Crippen LogP contribution is -2.47. The van der Waals surface area contributed by atoms with Crippen LogP contribution in [0.1, 0.15) is 65.7 Å². The average Bonchev–Trinajstić information content (AvgIpc) is 2.37. The summed E-state index contributed by atoms with van der Waals surface area (Å²) < 4.78 is 12.5. The zero-order valence-corrected chi connectivity index (χ0v) is 13.0. The van der Waals surface area contributed by atoms with Gasteiger partial charge in [-0.2, -0.15) is 0 Å². The summed E-state index contributed by atoms with van der Waals surface area (Å²) in [6.45, 7) is 8.15. The Labute approximate surface area is 108 Å². The van der Waals surface area contributed by atoms with Crippen molar-refractivity contribution in [3.63, 3.8) is 0 Å². The minimum absolute atomic E-state index is 0.752. The van der Waals surface area contributed by atoms with Crippen LogP contribution in [0.5, 0.6) is 0 Å². The van der Waals surface area contributed by atoms with Gasteiger partial charge in [-0.05, 0) is 32.7 Å². The molecule has 17 heavy (non-hydrogen) atoms. The molecule has 1 rings (SSSR count). The minimum atomic E-state index is -1.92. The lowest BCUT2D eigenvalue weighted by Gasteiger charge is -2.39. The highest BCUT2D eigenvalue weighted by Crippen LogP contribution is 2.41. The third-order valence-electron chi connectivity index (χ3n) is 3.88. The Hall–Kier alpha value is 0.137. The molecule has 0 unspecified atom stereocenters. The molecule has 1 aliphatic carbocycles. The molecule has 0 amide bonds. The Morgan fingerprint density at radius 3 is 2.00 bits per heavy atom. The first-order valence-corrected chi connectivity index (χ1v) is 9.67. The number of hydrogen-bond acceptors (Lipinski definition) is 2. The molecule has 0 spiro atoms. The van der Waals surface area contributed by atoms with Gasteiger partial charge in [-0.25, -0.2) is 0 Å². The van der Waals surface area contributed by atoms with Crippen molar-refractivity contribution in [2.75, 3.05) is 13.2 Å². The molecule has 0 aromatic carbocycles. The van der Waals surface area contributed by atoms with Crippen LogP contribution in [0.2, 0.25) is 11.6 Å². The van der Waals surface area contributed by atoms with Crippen molar-refractivity contribution in [3.8, 4) is 0 Å². The number of rotatable bonds is 8. The number of hydrogen-bond donors (Lipinski definition) is 0. The van der Waals surface area contributed by atoms with Crippen molar-refractivity contribution >= 4 is 8.56 Å². The van der Waals surface area contributed by atoms with E-state index in [9.17, 15) is 0 Å². The fourth-order valence-electron chi connectivity index (χ4n) is 3.08. The first kappa shape index (κ1) is 15.2. The molecule has 0 heterocycles. The topological polar surface area (TPSA) is 18.5 Å². The normalized spacial score (nSPS) is 18.5. The summed E-state index contributed by atoms with van der Waals surface area (Å²) in [5, 5.41) is 0. The highest BCUT2D eigenvalue weighted by atomic mass is 28.4. The molecule has 0 saturated heterocycles. The van der Waals surface area contributed by atoms with Crippen LogP contribution in [0.25, 0.3) is 0 Å². The Kier molecular flexibility index (Phi) is 7.40. The predicted octanol–water partition coefficient (Wildman–Crippen LogP) is 4.64. The third kappa shape index (κ3) is 4.38. The van der Waals surface area contributed by atoms with E-state index in [1.807, 2.05) is 0 Å². The monoisotopic (exact) mass is 258 g/mol. The maximum Gasteiger partial charge on any atom is 0.341 e. The van der Waals surface area contributed by atoms with Gasteiger partial charge in [0.25, 0.3) is 0 Å². The molecule has 1 fully saturated rings. The Balaban J connectivity index is 2.70. The quantitative estimate of drug-likeness (QED) is 0.591. The maximum absolute atomic E-state index is 6.23. The standard InChI is InChI=1S/C14H30O2Si/c1-4-7-13-17(15-5-2,16-6-3)14-11-9-8-10-12-14/h14H,4-13H2,1-3H3. The summed E-state index contributed by atoms with van der Waals surface area (Å²) in [7, 11) is -1.92. The summed E-state index contributed by atoms with van der Waals surface area (Å²) in [5.41, 5.74) is 0.752. The van der Waals surface area contributed by atoms with Gasteiger partial charge in [0, 0.05) is 18.8 Å². The van der Waals surface area contributed by atoms with E-state index >= 15 is 0 Å². The van der Waals surface area contributed by atoms with Gasteiger partial charge in [-0.15, -0.1) is 0 Å². The zero-order valence-electron chi connectivity index (χ0n) is 12.0. The third-order valence-corrected chi connectivity index (χ3v) is 8.31. The average molecular weight is 258 g/mol. The molecular weight excluding hydrogens is 228 g/mol. The first-order valence-electron chi connectivity index (χ1n) is 7.57. The second-order valence-electron chi connectivity index (χ2n) is 5.12. The molecule has 0 N–H and O–H groups in total. The van der Waals surface area contributed by atoms with Gasteiger partial charge in [0.2, 0.25) is 0 Å². The highest BCUT2D eigenvalue weighted by Gasteiger charge is 2.44. The van der Waals surface area contributed by atoms with E-state index in [0.29, 0.717) is 0 Å². The van der Waals surface area contributed by atoms with Crippen molar-refractivity contribution in [1.82, 2.24) is 0 Å². The highest BCUT2D eigenvalue weighted by molar-refractivity contribution is 6.69. The minimum Gasteiger partial charge on any atom is -0.394 e. The van der Waals surface area contributed by atoms with Crippen LogP contribution in [-0.2, 0) is 8.85 Å². The van der Waals surface area contributed by atoms with E-state index in [0.717, 1.165) is 18.8 Å². The van der Waals surface area contributed by atoms with E-state index in [1.165, 1.54) is 51.0 Å². The summed E-state index contributed by atoms with van der Waals surface area (Å²) in [4.78, 5) is 0. The maximum atomic E-state index is 6.23. The molecule has 0 radical (unpaired) electrons. The molecule has 0 aromatic rings. The van der Waals surface area contributed by atoms with Gasteiger partial charge in [0.15, 0.2) is 0 Å². The van der Waals surface area contributed by atoms with Gasteiger partial charge < -0.3 is 8.85 Å². The zero-order chi connectivity index (χ0) is 12.6. The van der Waals surface area contributed by atoms with E-state index in [-0.39, 0.29) is 0 Å². The van der Waals surface area contributed by atoms with Crippen LogP contribution < -0.4 is 0 Å². The first-order chi connectivity index (χ1) is 8.29. The van der Waals surface area contributed by atoms with Crippen molar-refractivity contribution in [1.29, 1.82) is 0 Å². The van der Waals surface area contributed by atoms with Crippen LogP contribution in [0.4, 0.5) is 0 Å². The van der Waals surface area contributed by atoms with Crippen molar-refractivity contribution in [2.45, 2.75) is 77.3 Å². The molecule has 1 aliphatic rings. The molecule has 1 saturated carbocycles. The molecule has 0 bridgehead atoms. The molecule has 3 heteroatoms. The van der Waals surface area contributed by atoms with E-state index in [1.54, 1.807) is 0 Å². The van der Waals surface area contributed by atoms with Crippen LogP contribution in [0.3, 0.4) is 0 Å². The molecular formula is C14H30O2Si. The fourth-order valence-corrected chi connectivity index (χ4v) is 7.44. The summed E-state index contributed by atoms with van der Waals surface area (Å²) in [6, 6.07) is 1.20. The van der Waals surface area contributed by atoms with Crippen molar-refractivity contribution < 1.29 is 8.85 Å². The lowest BCUT2D eigenvalue weighted by atomic mass is 10.0. The van der Waals surface area contributed by atoms with E-state index in [2.05, 4.69) is 20.8 Å². The Morgan fingerprint density at radius 1 is 0.941 bits per heavy atom. The SMILES string of the molecule is CCCC[Si](OCC)(OCC)C1CCCCC1. The molecule has 0 aromatic heterocycles. The second-order valence-corrected chi connectivity index (χ2v) is 8.63. The van der Waals surface area contributed by atoms with Crippen LogP contribution in [0.15, 0.2) is 0 Å². The largest absolute Gasteiger partial charge is 0.394 e. The van der Waals surface area contributed by atoms with E-state index < -0.39 is 8.56 Å². The summed E-state index contributed by atoms with van der Waals surface area (Å²) in [6.07, 6.45) is 9.38. The smallest absolute Gasteiger partial charge is 0.341 e. The fraction of sp³-hybridized carbons (Fsp3) is 1.00. The lowest BCUT2D eigenvalue weighted by molar-refractivity contribution is 0.163. The van der Waals surface area contributed by atoms with Crippen LogP contribution in [-0.4, -0.2) is 21.8 Å². The van der Waals surface area contributed by atoms with Gasteiger partial charge in [0.05, 0.1) is 0 Å². The number of unbranched alkanes of at least 4 members (excludes halogenated alkanes) is 1. The summed E-state index contributed by atoms with van der Waals surface area (Å²) in [5.74, 6) is 0. The Bertz CT molecular complexity index is 185. The van der Waals surface area contributed by atoms with Gasteiger partial charge in [-0.1, -0.05) is 39.0 Å². The van der Waals surface area contributed by atoms with Crippen molar-refractivity contribution in [2.24, 2.45) is 0 Å². The predicted molar refractivity (Wildman–Crippen MR) is 75.6 cm³/mol. The summed E-state index contributed by atoms with van der Waals surface area (Å²) >= 11 is 0. The molecule has 102 valence electrons. The molecule has 2 nitrogen and oxygen atoms in total. The second kappa shape index (κ2) is 8.28. The van der Waals surface area contributed by atoms with E-state index in [4.69, 9.17) is 8.85 Å². The molecule has 0 aliphatic heterocycles. The molecule has 0 atom stereocenters. The van der Waals surface area contributed by atoms with Crippen LogP contribution >= 0.6 is 0 Å². The van der Waals surface area contributed by atoms with Crippen molar-refractivity contribution in [3.05, 3.63) is 0 Å². The Morgan fingerprint density at radius 2 is 1.53 bits per heavy atom. The van der Waals surface area contributed by atoms with Crippen LogP contribution in [0, 0.1) is 0 Å². The van der Waals surface area contributed by atoms with Gasteiger partial charge >= 0.3 is 8.56 Å². The van der Waals surface area contributed by atoms with Gasteiger partial charge in [0.1, 0.15) is 0 Å². The van der Waals surface area contributed by atoms with Gasteiger partial charge in [-0.3, -0.25) is 0 Å².